The van der Waals surface area contributed by atoms with Crippen molar-refractivity contribution in [2.24, 2.45) is 17.8 Å². The summed E-state index contributed by atoms with van der Waals surface area (Å²) in [5, 5.41) is 3.57. The quantitative estimate of drug-likeness (QED) is 0.711. The fourth-order valence-electron chi connectivity index (χ4n) is 3.72. The maximum atomic E-state index is 13.9. The van der Waals surface area contributed by atoms with E-state index in [2.05, 4.69) is 19.2 Å². The van der Waals surface area contributed by atoms with Gasteiger partial charge in [-0.05, 0) is 68.2 Å². The largest absolute Gasteiger partial charge is 0.316 e. The molecule has 0 bridgehead atoms. The Kier molecular flexibility index (Phi) is 6.69. The minimum atomic E-state index is -0.0311. The summed E-state index contributed by atoms with van der Waals surface area (Å²) in [4.78, 5) is 0. The molecule has 1 aliphatic rings. The molecule has 118 valence electrons. The van der Waals surface area contributed by atoms with E-state index in [-0.39, 0.29) is 5.82 Å². The van der Waals surface area contributed by atoms with Crippen LogP contribution in [0.15, 0.2) is 24.3 Å². The molecule has 0 aromatic heterocycles. The van der Waals surface area contributed by atoms with Crippen molar-refractivity contribution in [2.75, 3.05) is 13.1 Å². The number of hydrogen-bond donors (Lipinski definition) is 1. The molecule has 1 aliphatic carbocycles. The minimum Gasteiger partial charge on any atom is -0.316 e. The van der Waals surface area contributed by atoms with Crippen molar-refractivity contribution < 1.29 is 4.39 Å². The number of halogens is 1. The van der Waals surface area contributed by atoms with E-state index in [9.17, 15) is 4.39 Å². The maximum Gasteiger partial charge on any atom is 0.126 e. The van der Waals surface area contributed by atoms with E-state index in [1.165, 1.54) is 32.1 Å². The molecule has 2 heteroatoms. The van der Waals surface area contributed by atoms with E-state index in [1.54, 1.807) is 12.1 Å². The summed E-state index contributed by atoms with van der Waals surface area (Å²) in [6.07, 6.45) is 7.27. The summed E-state index contributed by atoms with van der Waals surface area (Å²) in [7, 11) is 0. The number of hydrogen-bond acceptors (Lipinski definition) is 1. The Bertz CT molecular complexity index is 416. The second kappa shape index (κ2) is 8.53. The third-order valence-corrected chi connectivity index (χ3v) is 5.10. The first kappa shape index (κ1) is 16.5. The van der Waals surface area contributed by atoms with Gasteiger partial charge in [0.1, 0.15) is 5.82 Å². The van der Waals surface area contributed by atoms with Gasteiger partial charge in [0.15, 0.2) is 0 Å². The molecule has 1 aromatic rings. The van der Waals surface area contributed by atoms with Crippen LogP contribution in [0, 0.1) is 23.6 Å². The van der Waals surface area contributed by atoms with Gasteiger partial charge in [0.05, 0.1) is 0 Å². The SMILES string of the molecule is CCCNCC1CCC(CC)CC1Cc1ccccc1F. The summed E-state index contributed by atoms with van der Waals surface area (Å²) in [5.41, 5.74) is 0.903. The van der Waals surface area contributed by atoms with Gasteiger partial charge in [0.2, 0.25) is 0 Å². The average Bonchev–Trinajstić information content (AvgIpc) is 2.51. The fraction of sp³-hybridized carbons (Fsp3) is 0.684. The van der Waals surface area contributed by atoms with Crippen molar-refractivity contribution >= 4 is 0 Å². The topological polar surface area (TPSA) is 12.0 Å². The molecule has 0 amide bonds. The van der Waals surface area contributed by atoms with E-state index >= 15 is 0 Å². The van der Waals surface area contributed by atoms with Crippen LogP contribution in [-0.4, -0.2) is 13.1 Å². The first-order chi connectivity index (χ1) is 10.2. The molecule has 0 spiro atoms. The summed E-state index contributed by atoms with van der Waals surface area (Å²) < 4.78 is 13.9. The zero-order chi connectivity index (χ0) is 15.1. The molecular formula is C19H30FN. The Morgan fingerprint density at radius 1 is 1.14 bits per heavy atom. The Hall–Kier alpha value is -0.890. The van der Waals surface area contributed by atoms with Crippen LogP contribution >= 0.6 is 0 Å². The smallest absolute Gasteiger partial charge is 0.126 e. The van der Waals surface area contributed by atoms with Gasteiger partial charge in [-0.1, -0.05) is 44.9 Å². The fourth-order valence-corrected chi connectivity index (χ4v) is 3.72. The lowest BCUT2D eigenvalue weighted by Crippen LogP contribution is -2.34. The number of nitrogens with one attached hydrogen (secondary N) is 1. The predicted octanol–water partition coefficient (Wildman–Crippen LogP) is 4.81. The van der Waals surface area contributed by atoms with Crippen molar-refractivity contribution in [1.82, 2.24) is 5.32 Å². The highest BCUT2D eigenvalue weighted by Gasteiger charge is 2.30. The van der Waals surface area contributed by atoms with Gasteiger partial charge in [-0.2, -0.15) is 0 Å². The highest BCUT2D eigenvalue weighted by molar-refractivity contribution is 5.18. The van der Waals surface area contributed by atoms with E-state index < -0.39 is 0 Å². The van der Waals surface area contributed by atoms with Crippen LogP contribution in [-0.2, 0) is 6.42 Å². The minimum absolute atomic E-state index is 0.0311. The molecule has 21 heavy (non-hydrogen) atoms. The second-order valence-corrected chi connectivity index (χ2v) is 6.61. The molecule has 0 aliphatic heterocycles. The lowest BCUT2D eigenvalue weighted by Gasteiger charge is -2.36. The summed E-state index contributed by atoms with van der Waals surface area (Å²) >= 11 is 0. The monoisotopic (exact) mass is 291 g/mol. The molecule has 3 unspecified atom stereocenters. The van der Waals surface area contributed by atoms with Crippen molar-refractivity contribution in [3.63, 3.8) is 0 Å². The number of benzene rings is 1. The normalized spacial score (nSPS) is 26.0. The zero-order valence-electron chi connectivity index (χ0n) is 13.6. The zero-order valence-corrected chi connectivity index (χ0v) is 13.6. The Morgan fingerprint density at radius 3 is 2.67 bits per heavy atom. The molecule has 0 saturated heterocycles. The third-order valence-electron chi connectivity index (χ3n) is 5.10. The molecule has 2 rings (SSSR count). The molecule has 1 fully saturated rings. The first-order valence-electron chi connectivity index (χ1n) is 8.68. The number of rotatable bonds is 7. The molecule has 1 N–H and O–H groups in total. The Balaban J connectivity index is 2.00. The van der Waals surface area contributed by atoms with Gasteiger partial charge in [-0.3, -0.25) is 0 Å². The van der Waals surface area contributed by atoms with Gasteiger partial charge in [0.25, 0.3) is 0 Å². The van der Waals surface area contributed by atoms with Crippen LogP contribution in [0.25, 0.3) is 0 Å². The average molecular weight is 291 g/mol. The third kappa shape index (κ3) is 4.81. The molecule has 1 aromatic carbocycles. The van der Waals surface area contributed by atoms with Crippen molar-refractivity contribution in [1.29, 1.82) is 0 Å². The van der Waals surface area contributed by atoms with Crippen LogP contribution in [0.1, 0.15) is 51.5 Å². The van der Waals surface area contributed by atoms with Gasteiger partial charge < -0.3 is 5.32 Å². The molecular weight excluding hydrogens is 261 g/mol. The molecule has 0 radical (unpaired) electrons. The highest BCUT2D eigenvalue weighted by Crippen LogP contribution is 2.37. The van der Waals surface area contributed by atoms with Gasteiger partial charge in [0, 0.05) is 0 Å². The highest BCUT2D eigenvalue weighted by atomic mass is 19.1. The van der Waals surface area contributed by atoms with E-state index in [0.717, 1.165) is 31.0 Å². The lowest BCUT2D eigenvalue weighted by molar-refractivity contribution is 0.170. The van der Waals surface area contributed by atoms with Gasteiger partial charge >= 0.3 is 0 Å². The maximum absolute atomic E-state index is 13.9. The van der Waals surface area contributed by atoms with Crippen molar-refractivity contribution in [2.45, 2.75) is 52.4 Å². The van der Waals surface area contributed by atoms with Crippen molar-refractivity contribution in [3.8, 4) is 0 Å². The van der Waals surface area contributed by atoms with Gasteiger partial charge in [-0.15, -0.1) is 0 Å². The van der Waals surface area contributed by atoms with Crippen LogP contribution in [0.3, 0.4) is 0 Å². The van der Waals surface area contributed by atoms with Crippen LogP contribution < -0.4 is 5.32 Å². The molecule has 1 saturated carbocycles. The molecule has 1 nitrogen and oxygen atoms in total. The Labute approximate surface area is 129 Å². The van der Waals surface area contributed by atoms with Crippen LogP contribution in [0.5, 0.6) is 0 Å². The van der Waals surface area contributed by atoms with E-state index in [0.29, 0.717) is 11.8 Å². The summed E-state index contributed by atoms with van der Waals surface area (Å²) in [6, 6.07) is 7.30. The van der Waals surface area contributed by atoms with Crippen molar-refractivity contribution in [3.05, 3.63) is 35.6 Å². The van der Waals surface area contributed by atoms with E-state index in [1.807, 2.05) is 12.1 Å². The Morgan fingerprint density at radius 2 is 1.95 bits per heavy atom. The van der Waals surface area contributed by atoms with Crippen LogP contribution in [0.2, 0.25) is 0 Å². The predicted molar refractivity (Wildman–Crippen MR) is 87.9 cm³/mol. The molecule has 0 heterocycles. The second-order valence-electron chi connectivity index (χ2n) is 6.61. The lowest BCUT2D eigenvalue weighted by atomic mass is 9.71. The molecule has 3 atom stereocenters. The first-order valence-corrected chi connectivity index (χ1v) is 8.68. The van der Waals surface area contributed by atoms with Crippen LogP contribution in [0.4, 0.5) is 4.39 Å². The van der Waals surface area contributed by atoms with E-state index in [4.69, 9.17) is 0 Å². The van der Waals surface area contributed by atoms with Gasteiger partial charge in [-0.25, -0.2) is 4.39 Å². The standard InChI is InChI=1S/C19H30FN/c1-3-11-21-14-17-10-9-15(4-2)12-18(17)13-16-7-5-6-8-19(16)20/h5-8,15,17-18,21H,3-4,9-14H2,1-2H3. The summed E-state index contributed by atoms with van der Waals surface area (Å²) in [6.45, 7) is 6.70. The summed E-state index contributed by atoms with van der Waals surface area (Å²) in [5.74, 6) is 2.14.